The highest BCUT2D eigenvalue weighted by Crippen LogP contribution is 2.23. The first kappa shape index (κ1) is 22.6. The molecule has 6 heteroatoms. The van der Waals surface area contributed by atoms with Crippen LogP contribution < -0.4 is 16.8 Å². The minimum absolute atomic E-state index is 0.138. The van der Waals surface area contributed by atoms with Crippen LogP contribution in [0.25, 0.3) is 0 Å². The Morgan fingerprint density at radius 2 is 1.79 bits per heavy atom. The third-order valence-electron chi connectivity index (χ3n) is 3.77. The van der Waals surface area contributed by atoms with E-state index in [1.165, 1.54) is 7.11 Å². The van der Waals surface area contributed by atoms with Crippen molar-refractivity contribution in [2.24, 2.45) is 11.5 Å². The maximum atomic E-state index is 12.0. The second-order valence-corrected chi connectivity index (χ2v) is 5.56. The molecule has 0 heterocycles. The van der Waals surface area contributed by atoms with Gasteiger partial charge >= 0.3 is 5.97 Å². The Bertz CT molecular complexity index is 406. The maximum absolute atomic E-state index is 12.0. The number of allylic oxidation sites excluding steroid dienone is 2. The summed E-state index contributed by atoms with van der Waals surface area (Å²) >= 11 is 0. The van der Waals surface area contributed by atoms with E-state index >= 15 is 0 Å². The summed E-state index contributed by atoms with van der Waals surface area (Å²) in [5, 5.41) is 3.11. The van der Waals surface area contributed by atoms with Gasteiger partial charge in [-0.2, -0.15) is 0 Å². The molecule has 0 fully saturated rings. The van der Waals surface area contributed by atoms with Gasteiger partial charge in [0.15, 0.2) is 0 Å². The zero-order valence-corrected chi connectivity index (χ0v) is 15.5. The first-order valence-electron chi connectivity index (χ1n) is 8.80. The normalized spacial score (nSPS) is 12.8. The van der Waals surface area contributed by atoms with Crippen LogP contribution in [-0.2, 0) is 14.3 Å². The molecule has 5 N–H and O–H groups in total. The number of carbonyl (C=O) groups is 1. The van der Waals surface area contributed by atoms with Crippen LogP contribution in [0, 0.1) is 0 Å². The zero-order valence-electron chi connectivity index (χ0n) is 15.5. The van der Waals surface area contributed by atoms with Crippen LogP contribution in [0.3, 0.4) is 0 Å². The van der Waals surface area contributed by atoms with Crippen molar-refractivity contribution < 1.29 is 14.3 Å². The number of nitrogens with one attached hydrogen (secondary N) is 1. The van der Waals surface area contributed by atoms with Crippen LogP contribution in [0.4, 0.5) is 0 Å². The van der Waals surface area contributed by atoms with Crippen molar-refractivity contribution in [3.8, 4) is 0 Å². The number of esters is 1. The predicted molar refractivity (Wildman–Crippen MR) is 98.5 cm³/mol. The van der Waals surface area contributed by atoms with Gasteiger partial charge in [-0.05, 0) is 58.8 Å². The molecule has 0 atom stereocenters. The van der Waals surface area contributed by atoms with E-state index < -0.39 is 0 Å². The quantitative estimate of drug-likeness (QED) is 0.147. The van der Waals surface area contributed by atoms with E-state index in [0.717, 1.165) is 62.9 Å². The van der Waals surface area contributed by atoms with Crippen molar-refractivity contribution in [1.82, 2.24) is 5.32 Å². The average Bonchev–Trinajstić information content (AvgIpc) is 2.60. The lowest BCUT2D eigenvalue weighted by molar-refractivity contribution is -0.136. The van der Waals surface area contributed by atoms with Crippen molar-refractivity contribution in [1.29, 1.82) is 0 Å². The summed E-state index contributed by atoms with van der Waals surface area (Å²) in [7, 11) is 3.28. The summed E-state index contributed by atoms with van der Waals surface area (Å²) in [6.45, 7) is 4.27. The monoisotopic (exact) mass is 341 g/mol. The highest BCUT2D eigenvalue weighted by molar-refractivity contribution is 5.90. The number of nitrogens with two attached hydrogens (primary N) is 2. The molecule has 0 unspecified atom stereocenters. The summed E-state index contributed by atoms with van der Waals surface area (Å²) in [4.78, 5) is 12.0. The molecule has 0 saturated heterocycles. The van der Waals surface area contributed by atoms with Crippen molar-refractivity contribution in [3.63, 3.8) is 0 Å². The van der Waals surface area contributed by atoms with E-state index in [0.29, 0.717) is 12.2 Å². The van der Waals surface area contributed by atoms with E-state index in [1.54, 1.807) is 0 Å². The van der Waals surface area contributed by atoms with Crippen LogP contribution in [0.2, 0.25) is 0 Å². The van der Waals surface area contributed by atoms with Crippen LogP contribution >= 0.6 is 0 Å². The Morgan fingerprint density at radius 1 is 1.08 bits per heavy atom. The fraction of sp³-hybridized carbons (Fsp3) is 0.722. The molecule has 0 aromatic carbocycles. The maximum Gasteiger partial charge on any atom is 0.335 e. The number of ether oxygens (including phenoxy) is 2. The fourth-order valence-corrected chi connectivity index (χ4v) is 2.44. The van der Waals surface area contributed by atoms with Gasteiger partial charge in [-0.1, -0.05) is 12.8 Å². The first-order valence-corrected chi connectivity index (χ1v) is 8.80. The summed E-state index contributed by atoms with van der Waals surface area (Å²) in [6, 6.07) is 0. The lowest BCUT2D eigenvalue weighted by atomic mass is 10.0. The molecule has 0 aliphatic heterocycles. The van der Waals surface area contributed by atoms with Crippen molar-refractivity contribution in [3.05, 3.63) is 23.0 Å². The second kappa shape index (κ2) is 15.2. The Kier molecular flexibility index (Phi) is 14.3. The fourth-order valence-electron chi connectivity index (χ4n) is 2.44. The number of methoxy groups -OCH3 is 1. The molecule has 0 spiro atoms. The van der Waals surface area contributed by atoms with E-state index in [9.17, 15) is 4.79 Å². The van der Waals surface area contributed by atoms with Gasteiger partial charge in [-0.3, -0.25) is 0 Å². The SMILES string of the molecule is C/C=C(OCCCCCCN)\C(CCCNC)=C(\CN)C(=O)OC. The summed E-state index contributed by atoms with van der Waals surface area (Å²) in [5.74, 6) is 0.346. The van der Waals surface area contributed by atoms with Crippen molar-refractivity contribution in [2.45, 2.75) is 45.4 Å². The number of hydrogen-bond donors (Lipinski definition) is 3. The topological polar surface area (TPSA) is 99.6 Å². The van der Waals surface area contributed by atoms with Gasteiger partial charge in [0, 0.05) is 12.1 Å². The molecule has 0 aliphatic carbocycles. The van der Waals surface area contributed by atoms with E-state index in [4.69, 9.17) is 20.9 Å². The van der Waals surface area contributed by atoms with Gasteiger partial charge in [-0.25, -0.2) is 4.79 Å². The lowest BCUT2D eigenvalue weighted by Gasteiger charge is -2.17. The van der Waals surface area contributed by atoms with Gasteiger partial charge in [0.2, 0.25) is 0 Å². The van der Waals surface area contributed by atoms with Crippen LogP contribution in [0.15, 0.2) is 23.0 Å². The van der Waals surface area contributed by atoms with Crippen LogP contribution in [0.5, 0.6) is 0 Å². The number of hydrogen-bond acceptors (Lipinski definition) is 6. The smallest absolute Gasteiger partial charge is 0.335 e. The third kappa shape index (κ3) is 9.05. The van der Waals surface area contributed by atoms with Crippen LogP contribution in [-0.4, -0.2) is 46.4 Å². The molecule has 24 heavy (non-hydrogen) atoms. The average molecular weight is 341 g/mol. The Balaban J connectivity index is 4.94. The molecule has 0 aromatic rings. The molecule has 0 aliphatic rings. The van der Waals surface area contributed by atoms with Gasteiger partial charge in [0.1, 0.15) is 5.76 Å². The van der Waals surface area contributed by atoms with Gasteiger partial charge in [0.05, 0.1) is 19.3 Å². The summed E-state index contributed by atoms with van der Waals surface area (Å²) in [5.41, 5.74) is 12.6. The molecule has 0 saturated carbocycles. The lowest BCUT2D eigenvalue weighted by Crippen LogP contribution is -2.19. The van der Waals surface area contributed by atoms with Crippen LogP contribution in [0.1, 0.15) is 45.4 Å². The molecule has 0 radical (unpaired) electrons. The predicted octanol–water partition coefficient (Wildman–Crippen LogP) is 1.85. The summed E-state index contributed by atoms with van der Waals surface area (Å²) in [6.07, 6.45) is 7.73. The second-order valence-electron chi connectivity index (χ2n) is 5.56. The molecule has 6 nitrogen and oxygen atoms in total. The van der Waals surface area contributed by atoms with E-state index in [2.05, 4.69) is 5.32 Å². The van der Waals surface area contributed by atoms with E-state index in [-0.39, 0.29) is 12.5 Å². The molecular weight excluding hydrogens is 306 g/mol. The molecular formula is C18H35N3O3. The minimum Gasteiger partial charge on any atom is -0.494 e. The number of rotatable bonds is 14. The third-order valence-corrected chi connectivity index (χ3v) is 3.77. The standard InChI is InChI=1S/C18H35N3O3/c1-4-17(24-13-8-6-5-7-11-19)15(10-9-12-21-2)16(14-20)18(22)23-3/h4,21H,5-14,19-20H2,1-3H3/b16-15-,17-4+. The molecule has 0 aromatic heterocycles. The Labute approximate surface area is 146 Å². The van der Waals surface area contributed by atoms with Gasteiger partial charge in [0.25, 0.3) is 0 Å². The van der Waals surface area contributed by atoms with Gasteiger partial charge < -0.3 is 26.3 Å². The van der Waals surface area contributed by atoms with Gasteiger partial charge in [-0.15, -0.1) is 0 Å². The summed E-state index contributed by atoms with van der Waals surface area (Å²) < 4.78 is 10.8. The first-order chi connectivity index (χ1) is 11.7. The number of unbranched alkanes of at least 4 members (excludes halogenated alkanes) is 3. The molecule has 0 amide bonds. The number of carbonyl (C=O) groups excluding carboxylic acids is 1. The molecule has 0 rings (SSSR count). The highest BCUT2D eigenvalue weighted by atomic mass is 16.5. The largest absolute Gasteiger partial charge is 0.494 e. The van der Waals surface area contributed by atoms with Crippen molar-refractivity contribution in [2.75, 3.05) is 40.4 Å². The zero-order chi connectivity index (χ0) is 18.2. The Morgan fingerprint density at radius 3 is 2.33 bits per heavy atom. The molecule has 140 valence electrons. The van der Waals surface area contributed by atoms with Crippen molar-refractivity contribution >= 4 is 5.97 Å². The van der Waals surface area contributed by atoms with E-state index in [1.807, 2.05) is 20.0 Å². The Hall–Kier alpha value is -1.37. The minimum atomic E-state index is -0.386. The highest BCUT2D eigenvalue weighted by Gasteiger charge is 2.18. The molecule has 0 bridgehead atoms.